The zero-order valence-electron chi connectivity index (χ0n) is 12.4. The van der Waals surface area contributed by atoms with Gasteiger partial charge in [0.2, 0.25) is 5.91 Å². The van der Waals surface area contributed by atoms with E-state index in [1.54, 1.807) is 12.1 Å². The number of hydrogen-bond donors (Lipinski definition) is 1. The van der Waals surface area contributed by atoms with Gasteiger partial charge in [0.15, 0.2) is 0 Å². The molecule has 116 valence electrons. The molecule has 1 aromatic rings. The van der Waals surface area contributed by atoms with Gasteiger partial charge in [0.25, 0.3) is 0 Å². The monoisotopic (exact) mass is 328 g/mol. The Morgan fingerprint density at radius 1 is 1.38 bits per heavy atom. The Morgan fingerprint density at radius 3 is 2.81 bits per heavy atom. The van der Waals surface area contributed by atoms with Gasteiger partial charge in [0.1, 0.15) is 0 Å². The van der Waals surface area contributed by atoms with Crippen molar-refractivity contribution in [3.63, 3.8) is 0 Å². The third-order valence-electron chi connectivity index (χ3n) is 3.95. The molecule has 0 spiro atoms. The lowest BCUT2D eigenvalue weighted by Crippen LogP contribution is -2.41. The number of nitrogens with one attached hydrogen (secondary N) is 1. The van der Waals surface area contributed by atoms with Crippen LogP contribution in [0.3, 0.4) is 0 Å². The molecule has 21 heavy (non-hydrogen) atoms. The Kier molecular flexibility index (Phi) is 6.34. The highest BCUT2D eigenvalue weighted by Crippen LogP contribution is 2.23. The van der Waals surface area contributed by atoms with Crippen LogP contribution in [0.15, 0.2) is 18.2 Å². The molecule has 0 bridgehead atoms. The molecule has 0 aliphatic carbocycles. The lowest BCUT2D eigenvalue weighted by Gasteiger charge is -2.29. The summed E-state index contributed by atoms with van der Waals surface area (Å²) in [6.45, 7) is 5.72. The van der Waals surface area contributed by atoms with Crippen molar-refractivity contribution in [1.82, 2.24) is 10.2 Å². The van der Waals surface area contributed by atoms with Gasteiger partial charge in [0, 0.05) is 13.1 Å². The summed E-state index contributed by atoms with van der Waals surface area (Å²) in [7, 11) is 0. The molecule has 2 rings (SSSR count). The summed E-state index contributed by atoms with van der Waals surface area (Å²) in [5.74, 6) is 0.720. The first-order chi connectivity index (χ1) is 10.1. The van der Waals surface area contributed by atoms with E-state index in [0.29, 0.717) is 22.4 Å². The van der Waals surface area contributed by atoms with Crippen LogP contribution in [0.2, 0.25) is 10.0 Å². The highest BCUT2D eigenvalue weighted by atomic mass is 35.5. The normalized spacial score (nSPS) is 18.5. The number of rotatable bonds is 5. The quantitative estimate of drug-likeness (QED) is 0.898. The third-order valence-corrected chi connectivity index (χ3v) is 4.69. The van der Waals surface area contributed by atoms with Gasteiger partial charge in [-0.25, -0.2) is 0 Å². The van der Waals surface area contributed by atoms with Crippen LogP contribution < -0.4 is 5.32 Å². The van der Waals surface area contributed by atoms with Gasteiger partial charge in [-0.1, -0.05) is 29.3 Å². The van der Waals surface area contributed by atoms with Crippen molar-refractivity contribution in [3.05, 3.63) is 33.8 Å². The number of amides is 1. The maximum absolute atomic E-state index is 12.4. The van der Waals surface area contributed by atoms with Crippen LogP contribution in [0.1, 0.15) is 25.3 Å². The van der Waals surface area contributed by atoms with Gasteiger partial charge in [0.05, 0.1) is 16.5 Å². The summed E-state index contributed by atoms with van der Waals surface area (Å²) in [4.78, 5) is 14.4. The minimum atomic E-state index is 0.154. The Bertz CT molecular complexity index is 487. The molecule has 1 saturated heterocycles. The first-order valence-electron chi connectivity index (χ1n) is 7.52. The van der Waals surface area contributed by atoms with Crippen LogP contribution >= 0.6 is 23.2 Å². The van der Waals surface area contributed by atoms with E-state index in [2.05, 4.69) is 5.32 Å². The number of likely N-dealkylation sites (N-methyl/N-ethyl adjacent to an activating group) is 1. The molecule has 1 aliphatic heterocycles. The lowest BCUT2D eigenvalue weighted by molar-refractivity contribution is -0.131. The van der Waals surface area contributed by atoms with E-state index in [1.807, 2.05) is 17.9 Å². The molecule has 1 fully saturated rings. The van der Waals surface area contributed by atoms with Crippen molar-refractivity contribution in [2.24, 2.45) is 5.92 Å². The Morgan fingerprint density at radius 2 is 2.19 bits per heavy atom. The summed E-state index contributed by atoms with van der Waals surface area (Å²) in [5, 5.41) is 4.42. The van der Waals surface area contributed by atoms with E-state index >= 15 is 0 Å². The first-order valence-corrected chi connectivity index (χ1v) is 8.28. The highest BCUT2D eigenvalue weighted by molar-refractivity contribution is 6.42. The van der Waals surface area contributed by atoms with Crippen LogP contribution in [0, 0.1) is 5.92 Å². The number of benzene rings is 1. The fourth-order valence-electron chi connectivity index (χ4n) is 2.73. The Labute approximate surface area is 136 Å². The van der Waals surface area contributed by atoms with Crippen molar-refractivity contribution >= 4 is 29.1 Å². The second kappa shape index (κ2) is 8.02. The third kappa shape index (κ3) is 4.87. The zero-order valence-corrected chi connectivity index (χ0v) is 13.9. The second-order valence-electron chi connectivity index (χ2n) is 5.57. The van der Waals surface area contributed by atoms with E-state index in [-0.39, 0.29) is 5.91 Å². The standard InChI is InChI=1S/C16H22Cl2N2O/c1-2-20(11-13-4-3-7-19-10-13)16(21)9-12-5-6-14(17)15(18)8-12/h5-6,8,13,19H,2-4,7,9-11H2,1H3. The van der Waals surface area contributed by atoms with Crippen LogP contribution in [0.4, 0.5) is 0 Å². The average molecular weight is 329 g/mol. The molecule has 0 saturated carbocycles. The molecule has 1 unspecified atom stereocenters. The number of piperidine rings is 1. The van der Waals surface area contributed by atoms with E-state index < -0.39 is 0 Å². The molecule has 0 aromatic heterocycles. The summed E-state index contributed by atoms with van der Waals surface area (Å²) < 4.78 is 0. The summed E-state index contributed by atoms with van der Waals surface area (Å²) in [6.07, 6.45) is 2.78. The number of hydrogen-bond acceptors (Lipinski definition) is 2. The topological polar surface area (TPSA) is 32.3 Å². The molecule has 1 atom stereocenters. The average Bonchev–Trinajstić information content (AvgIpc) is 2.49. The van der Waals surface area contributed by atoms with Crippen LogP contribution in [0.5, 0.6) is 0 Å². The Balaban J connectivity index is 1.94. The van der Waals surface area contributed by atoms with Crippen molar-refractivity contribution in [2.75, 3.05) is 26.2 Å². The van der Waals surface area contributed by atoms with Gasteiger partial charge in [-0.2, -0.15) is 0 Å². The molecule has 1 heterocycles. The minimum absolute atomic E-state index is 0.154. The Hall–Kier alpha value is -0.770. The molecule has 1 amide bonds. The molecule has 1 aromatic carbocycles. The van der Waals surface area contributed by atoms with Gasteiger partial charge < -0.3 is 10.2 Å². The highest BCUT2D eigenvalue weighted by Gasteiger charge is 2.20. The number of carbonyl (C=O) groups excluding carboxylic acids is 1. The summed E-state index contributed by atoms with van der Waals surface area (Å²) in [5.41, 5.74) is 0.912. The maximum Gasteiger partial charge on any atom is 0.226 e. The SMILES string of the molecule is CCN(CC1CCCNC1)C(=O)Cc1ccc(Cl)c(Cl)c1. The summed E-state index contributed by atoms with van der Waals surface area (Å²) in [6, 6.07) is 5.38. The van der Waals surface area contributed by atoms with Gasteiger partial charge >= 0.3 is 0 Å². The van der Waals surface area contributed by atoms with Gasteiger partial charge in [-0.15, -0.1) is 0 Å². The van der Waals surface area contributed by atoms with Crippen molar-refractivity contribution < 1.29 is 4.79 Å². The van der Waals surface area contributed by atoms with Crippen molar-refractivity contribution in [2.45, 2.75) is 26.2 Å². The van der Waals surface area contributed by atoms with Gasteiger partial charge in [-0.05, 0) is 56.5 Å². The zero-order chi connectivity index (χ0) is 15.2. The predicted molar refractivity (Wildman–Crippen MR) is 88.0 cm³/mol. The minimum Gasteiger partial charge on any atom is -0.342 e. The molecular formula is C16H22Cl2N2O. The predicted octanol–water partition coefficient (Wildman–Crippen LogP) is 3.38. The van der Waals surface area contributed by atoms with Crippen LogP contribution in [0.25, 0.3) is 0 Å². The molecule has 5 heteroatoms. The molecular weight excluding hydrogens is 307 g/mol. The maximum atomic E-state index is 12.4. The smallest absolute Gasteiger partial charge is 0.226 e. The summed E-state index contributed by atoms with van der Waals surface area (Å²) >= 11 is 11.9. The largest absolute Gasteiger partial charge is 0.342 e. The van der Waals surface area contributed by atoms with Crippen molar-refractivity contribution in [3.8, 4) is 0 Å². The second-order valence-corrected chi connectivity index (χ2v) is 6.38. The number of carbonyl (C=O) groups is 1. The van der Waals surface area contributed by atoms with E-state index in [1.165, 1.54) is 12.8 Å². The fourth-order valence-corrected chi connectivity index (χ4v) is 3.06. The fraction of sp³-hybridized carbons (Fsp3) is 0.562. The molecule has 1 aliphatic rings. The van der Waals surface area contributed by atoms with Crippen molar-refractivity contribution in [1.29, 1.82) is 0 Å². The van der Waals surface area contributed by atoms with E-state index in [4.69, 9.17) is 23.2 Å². The molecule has 3 nitrogen and oxygen atoms in total. The first kappa shape index (κ1) is 16.6. The molecule has 1 N–H and O–H groups in total. The number of nitrogens with zero attached hydrogens (tertiary/aromatic N) is 1. The van der Waals surface area contributed by atoms with Crippen LogP contribution in [-0.4, -0.2) is 37.0 Å². The number of halogens is 2. The van der Waals surface area contributed by atoms with Gasteiger partial charge in [-0.3, -0.25) is 4.79 Å². The lowest BCUT2D eigenvalue weighted by atomic mass is 9.99. The van der Waals surface area contributed by atoms with Crippen LogP contribution in [-0.2, 0) is 11.2 Å². The van der Waals surface area contributed by atoms with E-state index in [0.717, 1.165) is 31.7 Å². The molecule has 0 radical (unpaired) electrons. The van der Waals surface area contributed by atoms with E-state index in [9.17, 15) is 4.79 Å².